The second-order valence-corrected chi connectivity index (χ2v) is 3.96. The Morgan fingerprint density at radius 2 is 2.36 bits per heavy atom. The molecule has 0 saturated carbocycles. The van der Waals surface area contributed by atoms with Crippen LogP contribution in [-0.2, 0) is 4.74 Å². The second kappa shape index (κ2) is 5.14. The Hall–Kier alpha value is 0.430. The first-order valence-electron chi connectivity index (χ1n) is 4.15. The fourth-order valence-corrected chi connectivity index (χ4v) is 2.05. The van der Waals surface area contributed by atoms with E-state index in [9.17, 15) is 0 Å². The minimum Gasteiger partial charge on any atom is -0.378 e. The van der Waals surface area contributed by atoms with Crippen molar-refractivity contribution in [1.82, 2.24) is 0 Å². The molecule has 0 aromatic heterocycles. The normalized spacial score (nSPS) is 31.7. The van der Waals surface area contributed by atoms with E-state index >= 15 is 0 Å². The molecule has 0 bridgehead atoms. The van der Waals surface area contributed by atoms with Gasteiger partial charge in [-0.2, -0.15) is 0 Å². The van der Waals surface area contributed by atoms with Crippen molar-refractivity contribution in [3.8, 4) is 0 Å². The van der Waals surface area contributed by atoms with Gasteiger partial charge in [-0.3, -0.25) is 0 Å². The highest BCUT2D eigenvalue weighted by Crippen LogP contribution is 2.22. The van der Waals surface area contributed by atoms with Gasteiger partial charge in [0.2, 0.25) is 0 Å². The maximum atomic E-state index is 5.65. The van der Waals surface area contributed by atoms with Crippen molar-refractivity contribution in [1.29, 1.82) is 0 Å². The molecule has 64 valence electrons. The lowest BCUT2D eigenvalue weighted by Gasteiger charge is -2.27. The molecule has 1 rings (SSSR count). The van der Waals surface area contributed by atoms with Crippen molar-refractivity contribution in [3.63, 3.8) is 0 Å². The Labute approximate surface area is 82.3 Å². The van der Waals surface area contributed by atoms with Crippen molar-refractivity contribution in [3.05, 3.63) is 12.7 Å². The van der Waals surface area contributed by atoms with Gasteiger partial charge in [-0.1, -0.05) is 28.7 Å². The highest BCUT2D eigenvalue weighted by atomic mass is 127. The molecule has 1 saturated heterocycles. The van der Waals surface area contributed by atoms with Crippen molar-refractivity contribution < 1.29 is 4.74 Å². The zero-order valence-corrected chi connectivity index (χ0v) is 8.92. The molecular weight excluding hydrogens is 251 g/mol. The summed E-state index contributed by atoms with van der Waals surface area (Å²) in [7, 11) is 0. The molecule has 0 spiro atoms. The highest BCUT2D eigenvalue weighted by Gasteiger charge is 2.19. The van der Waals surface area contributed by atoms with Gasteiger partial charge < -0.3 is 4.74 Å². The van der Waals surface area contributed by atoms with Crippen LogP contribution in [0.4, 0.5) is 0 Å². The van der Waals surface area contributed by atoms with E-state index in [1.54, 1.807) is 0 Å². The van der Waals surface area contributed by atoms with Crippen LogP contribution >= 0.6 is 22.6 Å². The Bertz CT molecular complexity index is 117. The fourth-order valence-electron chi connectivity index (χ4n) is 1.35. The van der Waals surface area contributed by atoms with Crippen LogP contribution in [-0.4, -0.2) is 17.1 Å². The Morgan fingerprint density at radius 3 is 2.82 bits per heavy atom. The van der Waals surface area contributed by atoms with Gasteiger partial charge >= 0.3 is 0 Å². The fraction of sp³-hybridized carbons (Fsp3) is 0.778. The lowest BCUT2D eigenvalue weighted by molar-refractivity contribution is -0.00669. The summed E-state index contributed by atoms with van der Waals surface area (Å²) in [6, 6.07) is 0. The molecule has 11 heavy (non-hydrogen) atoms. The summed E-state index contributed by atoms with van der Waals surface area (Å²) in [5, 5.41) is 0. The Morgan fingerprint density at radius 1 is 1.55 bits per heavy atom. The minimum atomic E-state index is 0.465. The quantitative estimate of drug-likeness (QED) is 0.433. The predicted octanol–water partition coefficient (Wildman–Crippen LogP) is 2.79. The summed E-state index contributed by atoms with van der Waals surface area (Å²) in [6.07, 6.45) is 6.00. The number of alkyl halides is 1. The number of ether oxygens (including phenoxy) is 1. The molecule has 2 atom stereocenters. The van der Waals surface area contributed by atoms with Crippen molar-refractivity contribution in [2.75, 3.05) is 11.0 Å². The van der Waals surface area contributed by atoms with E-state index in [2.05, 4.69) is 29.2 Å². The molecule has 0 unspecified atom stereocenters. The van der Waals surface area contributed by atoms with Crippen molar-refractivity contribution >= 4 is 22.6 Å². The highest BCUT2D eigenvalue weighted by molar-refractivity contribution is 14.1. The molecule has 0 aromatic carbocycles. The summed E-state index contributed by atoms with van der Waals surface area (Å²) in [6.45, 7) is 4.67. The first-order chi connectivity index (χ1) is 5.36. The number of hydrogen-bond donors (Lipinski definition) is 0. The van der Waals surface area contributed by atoms with Crippen LogP contribution < -0.4 is 0 Å². The molecule has 0 aliphatic carbocycles. The van der Waals surface area contributed by atoms with Gasteiger partial charge in [-0.15, -0.1) is 6.58 Å². The Kier molecular flexibility index (Phi) is 4.45. The van der Waals surface area contributed by atoms with E-state index in [0.29, 0.717) is 6.10 Å². The van der Waals surface area contributed by atoms with Crippen LogP contribution in [0.5, 0.6) is 0 Å². The van der Waals surface area contributed by atoms with Gasteiger partial charge in [-0.05, 0) is 25.2 Å². The second-order valence-electron chi connectivity index (χ2n) is 3.08. The van der Waals surface area contributed by atoms with Gasteiger partial charge in [0.05, 0.1) is 12.7 Å². The predicted molar refractivity (Wildman–Crippen MR) is 56.2 cm³/mol. The third kappa shape index (κ3) is 3.11. The molecule has 0 N–H and O–H groups in total. The molecule has 1 fully saturated rings. The zero-order valence-electron chi connectivity index (χ0n) is 6.76. The van der Waals surface area contributed by atoms with E-state index in [1.807, 2.05) is 6.08 Å². The van der Waals surface area contributed by atoms with Crippen molar-refractivity contribution in [2.45, 2.75) is 25.4 Å². The zero-order chi connectivity index (χ0) is 8.10. The molecule has 0 radical (unpaired) electrons. The third-order valence-electron chi connectivity index (χ3n) is 2.11. The molecule has 2 heteroatoms. The van der Waals surface area contributed by atoms with Crippen LogP contribution in [0.1, 0.15) is 19.3 Å². The van der Waals surface area contributed by atoms with Crippen LogP contribution in [0, 0.1) is 5.92 Å². The standard InChI is InChI=1S/C9H15IO/c1-2-3-9-5-4-8(6-10)7-11-9/h2,8-9H,1,3-7H2/t8-,9-/m0/s1. The van der Waals surface area contributed by atoms with Crippen molar-refractivity contribution in [2.24, 2.45) is 5.92 Å². The smallest absolute Gasteiger partial charge is 0.0609 e. The van der Waals surface area contributed by atoms with E-state index in [0.717, 1.165) is 18.9 Å². The summed E-state index contributed by atoms with van der Waals surface area (Å²) in [4.78, 5) is 0. The van der Waals surface area contributed by atoms with Crippen LogP contribution in [0.2, 0.25) is 0 Å². The first-order valence-corrected chi connectivity index (χ1v) is 5.67. The molecule has 1 heterocycles. The average Bonchev–Trinajstić information content (AvgIpc) is 2.07. The molecular formula is C9H15IO. The number of hydrogen-bond acceptors (Lipinski definition) is 1. The average molecular weight is 266 g/mol. The molecule has 1 aliphatic heterocycles. The third-order valence-corrected chi connectivity index (χ3v) is 3.36. The molecule has 0 aromatic rings. The maximum absolute atomic E-state index is 5.65. The summed E-state index contributed by atoms with van der Waals surface area (Å²) >= 11 is 2.44. The number of halogens is 1. The largest absolute Gasteiger partial charge is 0.378 e. The van der Waals surface area contributed by atoms with E-state index in [-0.39, 0.29) is 0 Å². The number of rotatable bonds is 3. The SMILES string of the molecule is C=CC[C@H]1CC[C@@H](CI)CO1. The van der Waals surface area contributed by atoms with E-state index in [1.165, 1.54) is 17.3 Å². The van der Waals surface area contributed by atoms with Gasteiger partial charge in [0.15, 0.2) is 0 Å². The minimum absolute atomic E-state index is 0.465. The van der Waals surface area contributed by atoms with E-state index < -0.39 is 0 Å². The van der Waals surface area contributed by atoms with Gasteiger partial charge in [-0.25, -0.2) is 0 Å². The van der Waals surface area contributed by atoms with Gasteiger partial charge in [0.1, 0.15) is 0 Å². The summed E-state index contributed by atoms with van der Waals surface area (Å²) in [5.74, 6) is 0.802. The summed E-state index contributed by atoms with van der Waals surface area (Å²) in [5.41, 5.74) is 0. The van der Waals surface area contributed by atoms with Crippen LogP contribution in [0.15, 0.2) is 12.7 Å². The molecule has 0 amide bonds. The molecule has 1 nitrogen and oxygen atoms in total. The Balaban J connectivity index is 2.18. The van der Waals surface area contributed by atoms with Crippen LogP contribution in [0.25, 0.3) is 0 Å². The summed E-state index contributed by atoms with van der Waals surface area (Å²) < 4.78 is 6.88. The van der Waals surface area contributed by atoms with E-state index in [4.69, 9.17) is 4.74 Å². The first kappa shape index (κ1) is 9.52. The van der Waals surface area contributed by atoms with Crippen LogP contribution in [0.3, 0.4) is 0 Å². The lowest BCUT2D eigenvalue weighted by atomic mass is 9.99. The van der Waals surface area contributed by atoms with Gasteiger partial charge in [0.25, 0.3) is 0 Å². The maximum Gasteiger partial charge on any atom is 0.0609 e. The monoisotopic (exact) mass is 266 g/mol. The van der Waals surface area contributed by atoms with Gasteiger partial charge in [0, 0.05) is 4.43 Å². The topological polar surface area (TPSA) is 9.23 Å². The lowest BCUT2D eigenvalue weighted by Crippen LogP contribution is -2.26. The molecule has 1 aliphatic rings.